The number of aromatic nitrogens is 1. The summed E-state index contributed by atoms with van der Waals surface area (Å²) in [6, 6.07) is 1.67. The van der Waals surface area contributed by atoms with E-state index in [-0.39, 0.29) is 5.69 Å². The maximum absolute atomic E-state index is 14.6. The van der Waals surface area contributed by atoms with Crippen LogP contribution < -0.4 is 9.80 Å². The fraction of sp³-hybridized carbons (Fsp3) is 0.409. The quantitative estimate of drug-likeness (QED) is 0.448. The van der Waals surface area contributed by atoms with E-state index in [0.717, 1.165) is 35.0 Å². The standard InChI is InChI=1S/C22H19ClF5N3O4/c1-9-7-10(22(26,27)28)8-13(29-9)31-16(17-18(20(31)33)35-21(2,3)34-17)19(32)30(4)12-6-5-11(24)14(23)15(12)25/h5-8,16-18H,1-4H3. The van der Waals surface area contributed by atoms with E-state index in [1.165, 1.54) is 20.8 Å². The van der Waals surface area contributed by atoms with Crippen LogP contribution in [-0.4, -0.2) is 47.9 Å². The van der Waals surface area contributed by atoms with Crippen molar-refractivity contribution in [1.29, 1.82) is 0 Å². The number of fused-ring (bicyclic) bond motifs is 1. The first-order chi connectivity index (χ1) is 16.1. The maximum Gasteiger partial charge on any atom is 0.416 e. The van der Waals surface area contributed by atoms with E-state index in [9.17, 15) is 31.5 Å². The summed E-state index contributed by atoms with van der Waals surface area (Å²) in [6.45, 7) is 4.30. The normalized spacial score (nSPS) is 23.5. The number of ether oxygens (including phenoxy) is 2. The molecule has 35 heavy (non-hydrogen) atoms. The number of carbonyl (C=O) groups is 2. The molecule has 2 saturated heterocycles. The zero-order chi connectivity index (χ0) is 26.0. The first kappa shape index (κ1) is 25.3. The number of nitrogens with zero attached hydrogens (tertiary/aromatic N) is 3. The third-order valence-corrected chi connectivity index (χ3v) is 6.02. The minimum Gasteiger partial charge on any atom is -0.341 e. The van der Waals surface area contributed by atoms with Crippen molar-refractivity contribution in [3.8, 4) is 0 Å². The van der Waals surface area contributed by atoms with Crippen LogP contribution in [0.2, 0.25) is 5.02 Å². The number of pyridine rings is 1. The van der Waals surface area contributed by atoms with Crippen LogP contribution in [-0.2, 0) is 25.2 Å². The molecule has 2 amide bonds. The molecular weight excluding hydrogens is 501 g/mol. The van der Waals surface area contributed by atoms with Gasteiger partial charge in [0.25, 0.3) is 11.8 Å². The molecule has 2 aromatic rings. The molecule has 2 fully saturated rings. The minimum absolute atomic E-state index is 0.0576. The molecule has 1 aromatic carbocycles. The Balaban J connectivity index is 1.82. The Bertz CT molecular complexity index is 1220. The number of benzene rings is 1. The lowest BCUT2D eigenvalue weighted by Gasteiger charge is -2.31. The maximum atomic E-state index is 14.6. The lowest BCUT2D eigenvalue weighted by Crippen LogP contribution is -2.51. The first-order valence-corrected chi connectivity index (χ1v) is 10.7. The molecule has 2 aliphatic rings. The van der Waals surface area contributed by atoms with Crippen molar-refractivity contribution in [2.75, 3.05) is 16.8 Å². The topological polar surface area (TPSA) is 72.0 Å². The molecule has 0 radical (unpaired) electrons. The number of amides is 2. The molecule has 0 saturated carbocycles. The van der Waals surface area contributed by atoms with Gasteiger partial charge in [0.05, 0.1) is 11.3 Å². The van der Waals surface area contributed by atoms with Crippen LogP contribution in [0.1, 0.15) is 25.1 Å². The molecule has 4 rings (SSSR count). The number of hydrogen-bond donors (Lipinski definition) is 0. The number of likely N-dealkylation sites (N-methyl/N-ethyl adjacent to an activating group) is 1. The Morgan fingerprint density at radius 3 is 2.49 bits per heavy atom. The molecule has 7 nitrogen and oxygen atoms in total. The SMILES string of the molecule is Cc1cc(C(F)(F)F)cc(N2C(=O)C3OC(C)(C)OC3C2C(=O)N(C)c2ccc(F)c(Cl)c2F)n1. The monoisotopic (exact) mass is 519 g/mol. The third kappa shape index (κ3) is 4.34. The van der Waals surface area contributed by atoms with E-state index in [0.29, 0.717) is 6.07 Å². The molecule has 0 N–H and O–H groups in total. The van der Waals surface area contributed by atoms with Gasteiger partial charge >= 0.3 is 6.18 Å². The third-order valence-electron chi connectivity index (χ3n) is 5.67. The summed E-state index contributed by atoms with van der Waals surface area (Å²) in [6.07, 6.45) is -7.32. The average Bonchev–Trinajstić information content (AvgIpc) is 3.20. The number of halogens is 6. The van der Waals surface area contributed by atoms with E-state index in [2.05, 4.69) is 4.98 Å². The van der Waals surface area contributed by atoms with Gasteiger partial charge in [-0.1, -0.05) is 11.6 Å². The molecule has 3 heterocycles. The molecule has 1 aromatic heterocycles. The smallest absolute Gasteiger partial charge is 0.341 e. The first-order valence-electron chi connectivity index (χ1n) is 10.3. The van der Waals surface area contributed by atoms with Crippen LogP contribution in [0.15, 0.2) is 24.3 Å². The van der Waals surface area contributed by atoms with Crippen LogP contribution in [0.5, 0.6) is 0 Å². The van der Waals surface area contributed by atoms with Crippen LogP contribution in [0, 0.1) is 18.6 Å². The van der Waals surface area contributed by atoms with Gasteiger partial charge in [0, 0.05) is 12.7 Å². The van der Waals surface area contributed by atoms with Crippen molar-refractivity contribution in [2.45, 2.75) is 51.0 Å². The largest absolute Gasteiger partial charge is 0.416 e. The Kier molecular flexibility index (Phi) is 6.05. The van der Waals surface area contributed by atoms with E-state index >= 15 is 0 Å². The fourth-order valence-electron chi connectivity index (χ4n) is 4.17. The summed E-state index contributed by atoms with van der Waals surface area (Å²) >= 11 is 5.63. The Morgan fingerprint density at radius 2 is 1.86 bits per heavy atom. The Labute approximate surface area is 201 Å². The van der Waals surface area contributed by atoms with Gasteiger partial charge in [-0.3, -0.25) is 14.5 Å². The number of alkyl halides is 3. The molecule has 0 spiro atoms. The van der Waals surface area contributed by atoms with E-state index in [4.69, 9.17) is 21.1 Å². The zero-order valence-electron chi connectivity index (χ0n) is 18.8. The summed E-state index contributed by atoms with van der Waals surface area (Å²) in [5, 5.41) is -0.851. The summed E-state index contributed by atoms with van der Waals surface area (Å²) < 4.78 is 80.0. The van der Waals surface area contributed by atoms with Crippen LogP contribution in [0.25, 0.3) is 0 Å². The van der Waals surface area contributed by atoms with Gasteiger partial charge in [-0.15, -0.1) is 0 Å². The minimum atomic E-state index is -4.75. The van der Waals surface area contributed by atoms with Crippen molar-refractivity contribution in [3.63, 3.8) is 0 Å². The van der Waals surface area contributed by atoms with Gasteiger partial charge in [0.15, 0.2) is 17.7 Å². The van der Waals surface area contributed by atoms with Crippen LogP contribution >= 0.6 is 11.6 Å². The van der Waals surface area contributed by atoms with Crippen molar-refractivity contribution in [1.82, 2.24) is 4.98 Å². The van der Waals surface area contributed by atoms with E-state index < -0.39 is 75.8 Å². The molecule has 3 atom stereocenters. The number of rotatable bonds is 3. The predicted octanol–water partition coefficient (Wildman–Crippen LogP) is 4.24. The van der Waals surface area contributed by atoms with Crippen molar-refractivity contribution >= 4 is 34.9 Å². The lowest BCUT2D eigenvalue weighted by molar-refractivity contribution is -0.161. The summed E-state index contributed by atoms with van der Waals surface area (Å²) in [5.74, 6) is -5.81. The summed E-state index contributed by atoms with van der Waals surface area (Å²) in [7, 11) is 1.15. The second kappa shape index (κ2) is 8.38. The van der Waals surface area contributed by atoms with Gasteiger partial charge in [-0.2, -0.15) is 13.2 Å². The Hall–Kier alpha value is -2.83. The molecule has 0 aliphatic carbocycles. The number of carbonyl (C=O) groups excluding carboxylic acids is 2. The lowest BCUT2D eigenvalue weighted by atomic mass is 10.1. The molecular formula is C22H19ClF5N3O4. The summed E-state index contributed by atoms with van der Waals surface area (Å²) in [4.78, 5) is 32.4. The molecule has 0 bridgehead atoms. The number of anilines is 2. The van der Waals surface area contributed by atoms with Crippen LogP contribution in [0.3, 0.4) is 0 Å². The molecule has 2 aliphatic heterocycles. The highest BCUT2D eigenvalue weighted by Gasteiger charge is 2.61. The second-order valence-corrected chi connectivity index (χ2v) is 9.00. The van der Waals surface area contributed by atoms with Crippen molar-refractivity contribution in [3.05, 3.63) is 52.2 Å². The van der Waals surface area contributed by atoms with E-state index in [1.54, 1.807) is 0 Å². The van der Waals surface area contributed by atoms with Gasteiger partial charge in [0.1, 0.15) is 28.8 Å². The second-order valence-electron chi connectivity index (χ2n) is 8.62. The number of aryl methyl sites for hydroxylation is 1. The fourth-order valence-corrected chi connectivity index (χ4v) is 4.33. The number of hydrogen-bond acceptors (Lipinski definition) is 5. The highest BCUT2D eigenvalue weighted by molar-refractivity contribution is 6.31. The van der Waals surface area contributed by atoms with E-state index in [1.807, 2.05) is 0 Å². The van der Waals surface area contributed by atoms with Crippen molar-refractivity contribution < 1.29 is 41.0 Å². The van der Waals surface area contributed by atoms with Gasteiger partial charge < -0.3 is 14.4 Å². The molecule has 188 valence electrons. The molecule has 3 unspecified atom stereocenters. The van der Waals surface area contributed by atoms with Crippen LogP contribution in [0.4, 0.5) is 33.5 Å². The Morgan fingerprint density at radius 1 is 1.20 bits per heavy atom. The van der Waals surface area contributed by atoms with Gasteiger partial charge in [-0.25, -0.2) is 13.8 Å². The highest BCUT2D eigenvalue weighted by Crippen LogP contribution is 2.42. The zero-order valence-corrected chi connectivity index (χ0v) is 19.5. The average molecular weight is 520 g/mol. The van der Waals surface area contributed by atoms with Gasteiger partial charge in [0.2, 0.25) is 0 Å². The molecule has 13 heteroatoms. The highest BCUT2D eigenvalue weighted by atomic mass is 35.5. The van der Waals surface area contributed by atoms with Crippen molar-refractivity contribution in [2.24, 2.45) is 0 Å². The predicted molar refractivity (Wildman–Crippen MR) is 114 cm³/mol. The van der Waals surface area contributed by atoms with Gasteiger partial charge in [-0.05, 0) is 45.0 Å². The summed E-state index contributed by atoms with van der Waals surface area (Å²) in [5.41, 5.74) is -1.55.